The Morgan fingerprint density at radius 3 is 2.69 bits per heavy atom. The summed E-state index contributed by atoms with van der Waals surface area (Å²) in [6.45, 7) is 0. The largest absolute Gasteiger partial charge is 0.431 e. The number of hydrogen-bond acceptors (Lipinski definition) is 3. The Kier molecular flexibility index (Phi) is 1.88. The Morgan fingerprint density at radius 1 is 1.23 bits per heavy atom. The van der Waals surface area contributed by atoms with Crippen LogP contribution in [0.3, 0.4) is 0 Å². The molecular weight excluding hydrogens is 168 g/mol. The minimum Gasteiger partial charge on any atom is -0.415 e. The molecule has 1 aliphatic heterocycles. The molecule has 1 aromatic rings. The van der Waals surface area contributed by atoms with Crippen LogP contribution in [0.15, 0.2) is 42.8 Å². The van der Waals surface area contributed by atoms with Gasteiger partial charge in [-0.1, -0.05) is 18.2 Å². The first kappa shape index (κ1) is 7.67. The van der Waals surface area contributed by atoms with Gasteiger partial charge in [0.25, 0.3) is 0 Å². The van der Waals surface area contributed by atoms with Crippen LogP contribution in [-0.4, -0.2) is 6.09 Å². The smallest absolute Gasteiger partial charge is 0.415 e. The van der Waals surface area contributed by atoms with E-state index in [9.17, 15) is 4.79 Å². The molecule has 0 fully saturated rings. The fourth-order valence-corrected chi connectivity index (χ4v) is 1.05. The second kappa shape index (κ2) is 3.18. The lowest BCUT2D eigenvalue weighted by molar-refractivity contribution is 0.180. The molecule has 1 N–H and O–H groups in total. The molecule has 1 aliphatic rings. The second-order valence-electron chi connectivity index (χ2n) is 2.51. The average Bonchev–Trinajstić information content (AvgIpc) is 2.19. The van der Waals surface area contributed by atoms with Crippen molar-refractivity contribution in [1.29, 1.82) is 0 Å². The van der Waals surface area contributed by atoms with E-state index in [2.05, 4.69) is 10.2 Å². The van der Waals surface area contributed by atoms with Crippen molar-refractivity contribution in [2.75, 3.05) is 5.01 Å². The molecule has 0 aliphatic carbocycles. The van der Waals surface area contributed by atoms with Crippen LogP contribution < -0.4 is 10.4 Å². The zero-order chi connectivity index (χ0) is 9.10. The third-order valence-corrected chi connectivity index (χ3v) is 1.63. The Labute approximate surface area is 75.4 Å². The molecule has 4 nitrogen and oxygen atoms in total. The summed E-state index contributed by atoms with van der Waals surface area (Å²) in [6, 6.07) is 9.47. The third kappa shape index (κ3) is 1.61. The van der Waals surface area contributed by atoms with Crippen molar-refractivity contribution in [2.45, 2.75) is 0 Å². The first-order valence-electron chi connectivity index (χ1n) is 3.84. The fraction of sp³-hybridized carbons (Fsp3) is 0. The van der Waals surface area contributed by atoms with E-state index in [4.69, 9.17) is 0 Å². The van der Waals surface area contributed by atoms with E-state index < -0.39 is 6.09 Å². The summed E-state index contributed by atoms with van der Waals surface area (Å²) in [4.78, 5) is 10.8. The molecule has 0 saturated carbocycles. The highest BCUT2D eigenvalue weighted by molar-refractivity contribution is 5.72. The zero-order valence-corrected chi connectivity index (χ0v) is 6.81. The van der Waals surface area contributed by atoms with Gasteiger partial charge in [0, 0.05) is 0 Å². The van der Waals surface area contributed by atoms with Gasteiger partial charge < -0.3 is 4.74 Å². The van der Waals surface area contributed by atoms with Gasteiger partial charge in [0.2, 0.25) is 0 Å². The monoisotopic (exact) mass is 176 g/mol. The number of carbonyl (C=O) groups is 1. The number of ether oxygens (including phenoxy) is 1. The van der Waals surface area contributed by atoms with Gasteiger partial charge in [0.15, 0.2) is 0 Å². The predicted octanol–water partition coefficient (Wildman–Crippen LogP) is 1.62. The van der Waals surface area contributed by atoms with Gasteiger partial charge in [-0.2, -0.15) is 0 Å². The summed E-state index contributed by atoms with van der Waals surface area (Å²) >= 11 is 0. The Balaban J connectivity index is 2.22. The van der Waals surface area contributed by atoms with E-state index in [0.29, 0.717) is 0 Å². The number of rotatable bonds is 1. The quantitative estimate of drug-likeness (QED) is 0.706. The van der Waals surface area contributed by atoms with Gasteiger partial charge in [-0.3, -0.25) is 5.01 Å². The number of anilines is 1. The standard InChI is InChI=1S/C9H8N2O2/c12-9-10-11(6-7-13-9)8-4-2-1-3-5-8/h1-7H,(H,10,12). The highest BCUT2D eigenvalue weighted by atomic mass is 16.6. The SMILES string of the molecule is O=C1NN(c2ccccc2)C=CO1. The average molecular weight is 176 g/mol. The molecule has 13 heavy (non-hydrogen) atoms. The fourth-order valence-electron chi connectivity index (χ4n) is 1.05. The Bertz CT molecular complexity index is 335. The number of cyclic esters (lactones) is 1. The van der Waals surface area contributed by atoms with Gasteiger partial charge in [-0.15, -0.1) is 0 Å². The van der Waals surface area contributed by atoms with Crippen molar-refractivity contribution in [3.05, 3.63) is 42.8 Å². The topological polar surface area (TPSA) is 41.6 Å². The molecule has 0 spiro atoms. The first-order valence-corrected chi connectivity index (χ1v) is 3.84. The summed E-state index contributed by atoms with van der Waals surface area (Å²) in [7, 11) is 0. The van der Waals surface area contributed by atoms with Crippen LogP contribution in [0.4, 0.5) is 10.5 Å². The van der Waals surface area contributed by atoms with Gasteiger partial charge in [-0.05, 0) is 12.1 Å². The van der Waals surface area contributed by atoms with Gasteiger partial charge in [0.1, 0.15) is 6.26 Å². The maximum absolute atomic E-state index is 10.8. The van der Waals surface area contributed by atoms with Crippen molar-refractivity contribution in [2.24, 2.45) is 0 Å². The Hall–Kier alpha value is -1.97. The molecule has 66 valence electrons. The van der Waals surface area contributed by atoms with Gasteiger partial charge >= 0.3 is 6.09 Å². The van der Waals surface area contributed by atoms with E-state index >= 15 is 0 Å². The van der Waals surface area contributed by atoms with Gasteiger partial charge in [-0.25, -0.2) is 10.2 Å². The van der Waals surface area contributed by atoms with Crippen LogP contribution in [0, 0.1) is 0 Å². The molecule has 0 radical (unpaired) electrons. The number of amides is 1. The number of nitrogens with zero attached hydrogens (tertiary/aromatic N) is 1. The zero-order valence-electron chi connectivity index (χ0n) is 6.81. The van der Waals surface area contributed by atoms with Crippen LogP contribution in [-0.2, 0) is 4.74 Å². The number of nitrogens with one attached hydrogen (secondary N) is 1. The maximum Gasteiger partial charge on any atom is 0.431 e. The van der Waals surface area contributed by atoms with Crippen molar-refractivity contribution in [1.82, 2.24) is 5.43 Å². The number of hydrazine groups is 1. The van der Waals surface area contributed by atoms with Crippen molar-refractivity contribution in [3.8, 4) is 0 Å². The molecule has 2 rings (SSSR count). The van der Waals surface area contributed by atoms with Crippen LogP contribution in [0.25, 0.3) is 0 Å². The molecule has 0 aromatic heterocycles. The highest BCUT2D eigenvalue weighted by Crippen LogP contribution is 2.12. The number of hydrogen-bond donors (Lipinski definition) is 1. The first-order chi connectivity index (χ1) is 6.36. The van der Waals surface area contributed by atoms with Crippen molar-refractivity contribution < 1.29 is 9.53 Å². The van der Waals surface area contributed by atoms with E-state index in [1.54, 1.807) is 11.2 Å². The number of para-hydroxylation sites is 1. The second-order valence-corrected chi connectivity index (χ2v) is 2.51. The lowest BCUT2D eigenvalue weighted by atomic mass is 10.3. The van der Waals surface area contributed by atoms with E-state index in [0.717, 1.165) is 5.69 Å². The summed E-state index contributed by atoms with van der Waals surface area (Å²) in [6.07, 6.45) is 2.49. The lowest BCUT2D eigenvalue weighted by Crippen LogP contribution is -2.41. The van der Waals surface area contributed by atoms with Crippen LogP contribution in [0.5, 0.6) is 0 Å². The van der Waals surface area contributed by atoms with E-state index in [1.165, 1.54) is 6.26 Å². The molecule has 1 amide bonds. The lowest BCUT2D eigenvalue weighted by Gasteiger charge is -2.22. The summed E-state index contributed by atoms with van der Waals surface area (Å²) < 4.78 is 4.56. The molecular formula is C9H8N2O2. The molecule has 1 heterocycles. The van der Waals surface area contributed by atoms with Crippen molar-refractivity contribution >= 4 is 11.8 Å². The van der Waals surface area contributed by atoms with Gasteiger partial charge in [0.05, 0.1) is 11.9 Å². The van der Waals surface area contributed by atoms with Crippen LogP contribution in [0.1, 0.15) is 0 Å². The number of benzene rings is 1. The normalized spacial score (nSPS) is 15.1. The summed E-state index contributed by atoms with van der Waals surface area (Å²) in [5.41, 5.74) is 3.40. The Morgan fingerprint density at radius 2 is 2.00 bits per heavy atom. The molecule has 1 aromatic carbocycles. The molecule has 4 heteroatoms. The minimum atomic E-state index is -0.480. The van der Waals surface area contributed by atoms with Crippen LogP contribution in [0.2, 0.25) is 0 Å². The predicted molar refractivity (Wildman–Crippen MR) is 47.7 cm³/mol. The van der Waals surface area contributed by atoms with Crippen LogP contribution >= 0.6 is 0 Å². The molecule has 0 atom stereocenters. The van der Waals surface area contributed by atoms with E-state index in [1.807, 2.05) is 30.3 Å². The van der Waals surface area contributed by atoms with Crippen molar-refractivity contribution in [3.63, 3.8) is 0 Å². The maximum atomic E-state index is 10.8. The molecule has 0 saturated heterocycles. The third-order valence-electron chi connectivity index (χ3n) is 1.63. The highest BCUT2D eigenvalue weighted by Gasteiger charge is 2.11. The number of carbonyl (C=O) groups excluding carboxylic acids is 1. The minimum absolute atomic E-state index is 0.480. The molecule has 0 bridgehead atoms. The molecule has 0 unspecified atom stereocenters. The summed E-state index contributed by atoms with van der Waals surface area (Å²) in [5, 5.41) is 1.59. The van der Waals surface area contributed by atoms with E-state index in [-0.39, 0.29) is 0 Å². The summed E-state index contributed by atoms with van der Waals surface area (Å²) in [5.74, 6) is 0.